The molecule has 3 nitrogen and oxygen atoms in total. The lowest BCUT2D eigenvalue weighted by molar-refractivity contribution is -0.139. The molecule has 5 heteroatoms. The smallest absolute Gasteiger partial charge is 0.303 e. The van der Waals surface area contributed by atoms with Crippen LogP contribution < -0.4 is 0 Å². The Bertz CT molecular complexity index is 673. The summed E-state index contributed by atoms with van der Waals surface area (Å²) >= 11 is 5.00. The molecule has 0 saturated heterocycles. The van der Waals surface area contributed by atoms with Crippen LogP contribution in [0, 0.1) is 5.41 Å². The Morgan fingerprint density at radius 1 is 1.30 bits per heavy atom. The summed E-state index contributed by atoms with van der Waals surface area (Å²) in [6.07, 6.45) is 0.224. The Morgan fingerprint density at radius 2 is 2.00 bits per heavy atom. The summed E-state index contributed by atoms with van der Waals surface area (Å²) < 4.78 is 2.02. The van der Waals surface area contributed by atoms with Crippen LogP contribution in [0.15, 0.2) is 28.1 Å². The fourth-order valence-electron chi connectivity index (χ4n) is 2.24. The third-order valence-electron chi connectivity index (χ3n) is 3.12. The van der Waals surface area contributed by atoms with Crippen molar-refractivity contribution >= 4 is 49.1 Å². The Balaban J connectivity index is 2.28. The van der Waals surface area contributed by atoms with Gasteiger partial charge < -0.3 is 5.11 Å². The normalized spacial score (nSPS) is 11.8. The minimum Gasteiger partial charge on any atom is -0.481 e. The summed E-state index contributed by atoms with van der Waals surface area (Å²) in [6.45, 7) is 3.62. The van der Waals surface area contributed by atoms with Crippen molar-refractivity contribution in [3.8, 4) is 0 Å². The molecule has 1 N–H and O–H groups in total. The Morgan fingerprint density at radius 3 is 2.65 bits per heavy atom. The standard InChI is InChI=1S/C15H15BrO3S/c1-15(2,7-13(18)19)6-12(17)10-8-20-14-9(10)4-3-5-11(14)16/h3-5,8H,6-7H2,1-2H3,(H,18,19). The van der Waals surface area contributed by atoms with Gasteiger partial charge in [0.15, 0.2) is 5.78 Å². The molecule has 2 aromatic rings. The van der Waals surface area contributed by atoms with Crippen molar-refractivity contribution in [2.75, 3.05) is 0 Å². The van der Waals surface area contributed by atoms with E-state index in [1.54, 1.807) is 0 Å². The summed E-state index contributed by atoms with van der Waals surface area (Å²) in [5, 5.41) is 11.7. The van der Waals surface area contributed by atoms with Gasteiger partial charge in [0.1, 0.15) is 0 Å². The number of halogens is 1. The van der Waals surface area contributed by atoms with Crippen molar-refractivity contribution in [1.29, 1.82) is 0 Å². The van der Waals surface area contributed by atoms with Crippen molar-refractivity contribution in [2.24, 2.45) is 5.41 Å². The average Bonchev–Trinajstić information content (AvgIpc) is 2.71. The Hall–Kier alpha value is -1.20. The first-order valence-electron chi connectivity index (χ1n) is 6.21. The van der Waals surface area contributed by atoms with Crippen molar-refractivity contribution in [3.05, 3.63) is 33.6 Å². The number of carboxylic acids is 1. The van der Waals surface area contributed by atoms with Crippen LogP contribution >= 0.6 is 27.3 Å². The van der Waals surface area contributed by atoms with Crippen molar-refractivity contribution < 1.29 is 14.7 Å². The number of hydrogen-bond acceptors (Lipinski definition) is 3. The second-order valence-corrected chi connectivity index (χ2v) is 7.33. The summed E-state index contributed by atoms with van der Waals surface area (Å²) in [5.74, 6) is -0.874. The molecule has 106 valence electrons. The molecular weight excluding hydrogens is 340 g/mol. The number of benzene rings is 1. The summed E-state index contributed by atoms with van der Waals surface area (Å²) in [7, 11) is 0. The minimum absolute atomic E-state index is 0.000556. The predicted octanol–water partition coefficient (Wildman–Crippen LogP) is 4.74. The number of aliphatic carboxylic acids is 1. The van der Waals surface area contributed by atoms with E-state index in [0.29, 0.717) is 5.56 Å². The highest BCUT2D eigenvalue weighted by Crippen LogP contribution is 2.35. The van der Waals surface area contributed by atoms with Gasteiger partial charge in [-0.15, -0.1) is 11.3 Å². The lowest BCUT2D eigenvalue weighted by Gasteiger charge is -2.21. The summed E-state index contributed by atoms with van der Waals surface area (Å²) in [4.78, 5) is 23.3. The predicted molar refractivity (Wildman–Crippen MR) is 84.5 cm³/mol. The number of hydrogen-bond donors (Lipinski definition) is 1. The van der Waals surface area contributed by atoms with Crippen LogP contribution in [0.5, 0.6) is 0 Å². The lowest BCUT2D eigenvalue weighted by Crippen LogP contribution is -2.21. The molecule has 20 heavy (non-hydrogen) atoms. The highest BCUT2D eigenvalue weighted by atomic mass is 79.9. The molecule has 0 radical (unpaired) electrons. The van der Waals surface area contributed by atoms with Crippen molar-refractivity contribution in [2.45, 2.75) is 26.7 Å². The first-order chi connectivity index (χ1) is 9.30. The summed E-state index contributed by atoms with van der Waals surface area (Å²) in [6, 6.07) is 5.77. The third kappa shape index (κ3) is 3.27. The molecule has 0 aliphatic heterocycles. The molecule has 2 rings (SSSR count). The molecule has 1 heterocycles. The van der Waals surface area contributed by atoms with Gasteiger partial charge >= 0.3 is 5.97 Å². The highest BCUT2D eigenvalue weighted by molar-refractivity contribution is 9.10. The molecule has 0 fully saturated rings. The molecule has 1 aromatic heterocycles. The zero-order valence-corrected chi connectivity index (χ0v) is 13.7. The molecule has 0 unspecified atom stereocenters. The molecule has 0 saturated carbocycles. The van der Waals surface area contributed by atoms with Crippen molar-refractivity contribution in [3.63, 3.8) is 0 Å². The van der Waals surface area contributed by atoms with Gasteiger partial charge in [-0.1, -0.05) is 26.0 Å². The van der Waals surface area contributed by atoms with Crippen LogP contribution in [0.4, 0.5) is 0 Å². The van der Waals surface area contributed by atoms with Crippen LogP contribution in [-0.2, 0) is 4.79 Å². The largest absolute Gasteiger partial charge is 0.481 e. The fourth-order valence-corrected chi connectivity index (χ4v) is 3.87. The van der Waals surface area contributed by atoms with Gasteiger partial charge in [-0.05, 0) is 27.4 Å². The maximum Gasteiger partial charge on any atom is 0.303 e. The molecule has 0 atom stereocenters. The van der Waals surface area contributed by atoms with Crippen LogP contribution in [0.3, 0.4) is 0 Å². The van der Waals surface area contributed by atoms with E-state index in [-0.39, 0.29) is 18.6 Å². The van der Waals surface area contributed by atoms with Gasteiger partial charge in [0, 0.05) is 31.9 Å². The van der Waals surface area contributed by atoms with Gasteiger partial charge in [-0.25, -0.2) is 0 Å². The van der Waals surface area contributed by atoms with E-state index in [9.17, 15) is 9.59 Å². The number of carbonyl (C=O) groups is 2. The van der Waals surface area contributed by atoms with E-state index >= 15 is 0 Å². The van der Waals surface area contributed by atoms with Crippen LogP contribution in [0.1, 0.15) is 37.0 Å². The van der Waals surface area contributed by atoms with E-state index in [1.807, 2.05) is 37.4 Å². The van der Waals surface area contributed by atoms with Gasteiger partial charge in [-0.2, -0.15) is 0 Å². The second kappa shape index (κ2) is 5.66. The van der Waals surface area contributed by atoms with Gasteiger partial charge in [0.05, 0.1) is 6.42 Å². The SMILES string of the molecule is CC(C)(CC(=O)O)CC(=O)c1csc2c(Br)cccc12. The van der Waals surface area contributed by atoms with Crippen LogP contribution in [0.2, 0.25) is 0 Å². The number of fused-ring (bicyclic) bond motifs is 1. The fraction of sp³-hybridized carbons (Fsp3) is 0.333. The summed E-state index contributed by atoms with van der Waals surface area (Å²) in [5.41, 5.74) is 0.146. The third-order valence-corrected chi connectivity index (χ3v) is 5.07. The molecule has 0 aliphatic rings. The number of carbonyl (C=O) groups excluding carboxylic acids is 1. The van der Waals surface area contributed by atoms with Gasteiger partial charge in [-0.3, -0.25) is 9.59 Å². The number of thiophene rings is 1. The van der Waals surface area contributed by atoms with Crippen LogP contribution in [0.25, 0.3) is 10.1 Å². The monoisotopic (exact) mass is 354 g/mol. The average molecular weight is 355 g/mol. The maximum atomic E-state index is 12.4. The molecule has 0 bridgehead atoms. The number of ketones is 1. The van der Waals surface area contributed by atoms with E-state index in [0.717, 1.165) is 14.6 Å². The quantitative estimate of drug-likeness (QED) is 0.789. The lowest BCUT2D eigenvalue weighted by atomic mass is 9.82. The highest BCUT2D eigenvalue weighted by Gasteiger charge is 2.27. The number of carboxylic acid groups (broad SMARTS) is 1. The first-order valence-corrected chi connectivity index (χ1v) is 7.88. The Labute approximate surface area is 129 Å². The minimum atomic E-state index is -0.874. The van der Waals surface area contributed by atoms with Gasteiger partial charge in [0.25, 0.3) is 0 Å². The van der Waals surface area contributed by atoms with Gasteiger partial charge in [0.2, 0.25) is 0 Å². The van der Waals surface area contributed by atoms with E-state index < -0.39 is 11.4 Å². The molecule has 0 spiro atoms. The molecule has 1 aromatic carbocycles. The first kappa shape index (κ1) is 15.2. The number of rotatable bonds is 5. The molecule has 0 amide bonds. The van der Waals surface area contributed by atoms with E-state index in [2.05, 4.69) is 15.9 Å². The van der Waals surface area contributed by atoms with E-state index in [4.69, 9.17) is 5.11 Å². The topological polar surface area (TPSA) is 54.4 Å². The maximum absolute atomic E-state index is 12.4. The van der Waals surface area contributed by atoms with E-state index in [1.165, 1.54) is 11.3 Å². The number of Topliss-reactive ketones (excluding diaryl/α,β-unsaturated/α-hetero) is 1. The Kier molecular flexibility index (Phi) is 4.30. The zero-order valence-electron chi connectivity index (χ0n) is 11.3. The zero-order chi connectivity index (χ0) is 14.9. The van der Waals surface area contributed by atoms with Crippen molar-refractivity contribution in [1.82, 2.24) is 0 Å². The molecule has 0 aliphatic carbocycles. The second-order valence-electron chi connectivity index (χ2n) is 5.60. The van der Waals surface area contributed by atoms with Crippen LogP contribution in [-0.4, -0.2) is 16.9 Å². The molecular formula is C15H15BrO3S.